The largest absolute Gasteiger partial charge is 0.497 e. The van der Waals surface area contributed by atoms with Gasteiger partial charge in [-0.2, -0.15) is 0 Å². The van der Waals surface area contributed by atoms with E-state index < -0.39 is 6.04 Å². The Kier molecular flexibility index (Phi) is 7.74. The van der Waals surface area contributed by atoms with Crippen LogP contribution in [0.5, 0.6) is 5.75 Å². The fourth-order valence-corrected chi connectivity index (χ4v) is 5.65. The Morgan fingerprint density at radius 2 is 1.92 bits per heavy atom. The highest BCUT2D eigenvalue weighted by Gasteiger charge is 2.44. The number of ether oxygens (including phenoxy) is 1. The summed E-state index contributed by atoms with van der Waals surface area (Å²) in [5, 5.41) is 13.8. The minimum atomic E-state index is -0.391. The standard InChI is InChI=1S/C28H26Cl2N4O2S/c1-17(31-27(35)23-15-22(23)19-8-4-3-5-9-19)26-32-33-28(34(26)25-14-20(29)11-12-24(25)30)37-16-18-7-6-10-21(13-18)36-2/h3-14,17,22-23H,15-16H2,1-2H3,(H,31,35). The van der Waals surface area contributed by atoms with Gasteiger partial charge in [0.15, 0.2) is 11.0 Å². The van der Waals surface area contributed by atoms with Gasteiger partial charge >= 0.3 is 0 Å². The van der Waals surface area contributed by atoms with Crippen LogP contribution in [0.4, 0.5) is 0 Å². The normalized spacial score (nSPS) is 17.3. The summed E-state index contributed by atoms with van der Waals surface area (Å²) in [7, 11) is 1.65. The zero-order valence-corrected chi connectivity index (χ0v) is 22.7. The number of nitrogens with one attached hydrogen (secondary N) is 1. The van der Waals surface area contributed by atoms with E-state index in [1.807, 2.05) is 54.0 Å². The molecule has 1 aromatic heterocycles. The molecule has 1 aliphatic carbocycles. The molecule has 190 valence electrons. The van der Waals surface area contributed by atoms with Gasteiger partial charge in [-0.05, 0) is 60.7 Å². The van der Waals surface area contributed by atoms with Gasteiger partial charge in [-0.3, -0.25) is 9.36 Å². The SMILES string of the molecule is COc1cccc(CSc2nnc(C(C)NC(=O)C3CC3c3ccccc3)n2-c2cc(Cl)ccc2Cl)c1. The summed E-state index contributed by atoms with van der Waals surface area (Å²) in [5.74, 6) is 2.25. The lowest BCUT2D eigenvalue weighted by atomic mass is 10.1. The van der Waals surface area contributed by atoms with Gasteiger partial charge in [0.25, 0.3) is 0 Å². The fraction of sp³-hybridized carbons (Fsp3) is 0.250. The van der Waals surface area contributed by atoms with Crippen LogP contribution in [0, 0.1) is 5.92 Å². The third kappa shape index (κ3) is 5.79. The van der Waals surface area contributed by atoms with E-state index in [0.717, 1.165) is 17.7 Å². The predicted molar refractivity (Wildman–Crippen MR) is 148 cm³/mol. The second-order valence-corrected chi connectivity index (χ2v) is 10.8. The molecule has 1 N–H and O–H groups in total. The van der Waals surface area contributed by atoms with E-state index in [2.05, 4.69) is 27.6 Å². The Hall–Kier alpha value is -3.00. The lowest BCUT2D eigenvalue weighted by Crippen LogP contribution is -2.30. The van der Waals surface area contributed by atoms with Crippen LogP contribution in [0.25, 0.3) is 5.69 Å². The molecule has 3 aromatic carbocycles. The Morgan fingerprint density at radius 3 is 2.70 bits per heavy atom. The van der Waals surface area contributed by atoms with Gasteiger partial charge in [0.1, 0.15) is 5.75 Å². The molecule has 1 saturated carbocycles. The first-order chi connectivity index (χ1) is 17.9. The molecule has 0 saturated heterocycles. The summed E-state index contributed by atoms with van der Waals surface area (Å²) in [6.45, 7) is 1.91. The van der Waals surface area contributed by atoms with Crippen LogP contribution in [-0.2, 0) is 10.5 Å². The molecule has 3 atom stereocenters. The Balaban J connectivity index is 1.39. The van der Waals surface area contributed by atoms with E-state index in [1.54, 1.807) is 25.3 Å². The molecule has 1 amide bonds. The average molecular weight is 554 g/mol. The van der Waals surface area contributed by atoms with Crippen LogP contribution in [0.1, 0.15) is 42.3 Å². The molecule has 0 aliphatic heterocycles. The highest BCUT2D eigenvalue weighted by Crippen LogP contribution is 2.47. The van der Waals surface area contributed by atoms with Gasteiger partial charge in [-0.1, -0.05) is 77.4 Å². The molecule has 9 heteroatoms. The maximum Gasteiger partial charge on any atom is 0.224 e. The first kappa shape index (κ1) is 25.6. The minimum Gasteiger partial charge on any atom is -0.497 e. The second-order valence-electron chi connectivity index (χ2n) is 9.00. The van der Waals surface area contributed by atoms with Crippen LogP contribution in [0.2, 0.25) is 10.0 Å². The number of rotatable bonds is 9. The number of hydrogen-bond donors (Lipinski definition) is 1. The van der Waals surface area contributed by atoms with Crippen molar-refractivity contribution in [2.75, 3.05) is 7.11 Å². The zero-order chi connectivity index (χ0) is 25.9. The lowest BCUT2D eigenvalue weighted by molar-refractivity contribution is -0.123. The topological polar surface area (TPSA) is 69.0 Å². The summed E-state index contributed by atoms with van der Waals surface area (Å²) in [6.07, 6.45) is 0.844. The Morgan fingerprint density at radius 1 is 1.11 bits per heavy atom. The second kappa shape index (κ2) is 11.2. The first-order valence-corrected chi connectivity index (χ1v) is 13.7. The minimum absolute atomic E-state index is 0.0127. The van der Waals surface area contributed by atoms with Gasteiger partial charge in [-0.15, -0.1) is 10.2 Å². The van der Waals surface area contributed by atoms with Crippen LogP contribution in [0.3, 0.4) is 0 Å². The summed E-state index contributed by atoms with van der Waals surface area (Å²) in [6, 6.07) is 22.9. The van der Waals surface area contributed by atoms with E-state index >= 15 is 0 Å². The van der Waals surface area contributed by atoms with Crippen LogP contribution in [-0.4, -0.2) is 27.8 Å². The van der Waals surface area contributed by atoms with Crippen molar-refractivity contribution in [1.82, 2.24) is 20.1 Å². The number of carbonyl (C=O) groups excluding carboxylic acids is 1. The van der Waals surface area contributed by atoms with Crippen molar-refractivity contribution in [3.05, 3.63) is 99.8 Å². The maximum atomic E-state index is 13.1. The Labute approximate surface area is 230 Å². The van der Waals surface area contributed by atoms with Crippen molar-refractivity contribution in [3.8, 4) is 11.4 Å². The number of nitrogens with zero attached hydrogens (tertiary/aromatic N) is 3. The number of benzene rings is 3. The molecular weight excluding hydrogens is 527 g/mol. The molecule has 6 nitrogen and oxygen atoms in total. The van der Waals surface area contributed by atoms with Crippen molar-refractivity contribution in [1.29, 1.82) is 0 Å². The number of thioether (sulfide) groups is 1. The number of carbonyl (C=O) groups is 1. The van der Waals surface area contributed by atoms with E-state index in [1.165, 1.54) is 17.3 Å². The summed E-state index contributed by atoms with van der Waals surface area (Å²) < 4.78 is 7.23. The lowest BCUT2D eigenvalue weighted by Gasteiger charge is -2.17. The smallest absolute Gasteiger partial charge is 0.224 e. The maximum absolute atomic E-state index is 13.1. The van der Waals surface area contributed by atoms with Crippen molar-refractivity contribution in [2.45, 2.75) is 36.2 Å². The average Bonchev–Trinajstić information content (AvgIpc) is 3.62. The van der Waals surface area contributed by atoms with Crippen LogP contribution >= 0.6 is 35.0 Å². The molecule has 1 aliphatic rings. The molecular formula is C28H26Cl2N4O2S. The van der Waals surface area contributed by atoms with Crippen molar-refractivity contribution in [3.63, 3.8) is 0 Å². The van der Waals surface area contributed by atoms with E-state index in [9.17, 15) is 4.79 Å². The molecule has 1 heterocycles. The van der Waals surface area contributed by atoms with Crippen LogP contribution in [0.15, 0.2) is 78.0 Å². The number of aromatic nitrogens is 3. The quantitative estimate of drug-likeness (QED) is 0.230. The van der Waals surface area contributed by atoms with Crippen molar-refractivity contribution in [2.24, 2.45) is 5.92 Å². The number of methoxy groups -OCH3 is 1. The predicted octanol–water partition coefficient (Wildman–Crippen LogP) is 6.86. The first-order valence-electron chi connectivity index (χ1n) is 12.0. The van der Waals surface area contributed by atoms with E-state index in [-0.39, 0.29) is 17.7 Å². The zero-order valence-electron chi connectivity index (χ0n) is 20.4. The van der Waals surface area contributed by atoms with Crippen LogP contribution < -0.4 is 10.1 Å². The molecule has 37 heavy (non-hydrogen) atoms. The monoisotopic (exact) mass is 552 g/mol. The fourth-order valence-electron chi connectivity index (χ4n) is 4.39. The summed E-state index contributed by atoms with van der Waals surface area (Å²) in [5.41, 5.74) is 2.94. The molecule has 1 fully saturated rings. The molecule has 3 unspecified atom stereocenters. The number of halogens is 2. The third-order valence-electron chi connectivity index (χ3n) is 6.41. The highest BCUT2D eigenvalue weighted by molar-refractivity contribution is 7.98. The van der Waals surface area contributed by atoms with Gasteiger partial charge in [-0.25, -0.2) is 0 Å². The van der Waals surface area contributed by atoms with Gasteiger partial charge < -0.3 is 10.1 Å². The highest BCUT2D eigenvalue weighted by atomic mass is 35.5. The van der Waals surface area contributed by atoms with Gasteiger partial charge in [0, 0.05) is 16.7 Å². The third-order valence-corrected chi connectivity index (χ3v) is 7.97. The summed E-state index contributed by atoms with van der Waals surface area (Å²) in [4.78, 5) is 13.1. The molecule has 5 rings (SSSR count). The summed E-state index contributed by atoms with van der Waals surface area (Å²) >= 11 is 14.4. The van der Waals surface area contributed by atoms with Gasteiger partial charge in [0.05, 0.1) is 23.9 Å². The molecule has 0 bridgehead atoms. The number of hydrogen-bond acceptors (Lipinski definition) is 5. The van der Waals surface area contributed by atoms with E-state index in [0.29, 0.717) is 32.5 Å². The Bertz CT molecular complexity index is 1410. The van der Waals surface area contributed by atoms with Gasteiger partial charge in [0.2, 0.25) is 5.91 Å². The molecule has 0 radical (unpaired) electrons. The molecule has 4 aromatic rings. The van der Waals surface area contributed by atoms with E-state index in [4.69, 9.17) is 27.9 Å². The number of amides is 1. The van der Waals surface area contributed by atoms with Crippen molar-refractivity contribution >= 4 is 40.9 Å². The molecule has 0 spiro atoms. The van der Waals surface area contributed by atoms with Crippen molar-refractivity contribution < 1.29 is 9.53 Å².